The molecule has 13 heavy (non-hydrogen) atoms. The third-order valence-electron chi connectivity index (χ3n) is 2.83. The summed E-state index contributed by atoms with van der Waals surface area (Å²) in [5, 5.41) is 2.73. The molecule has 1 unspecified atom stereocenters. The number of rotatable bonds is 5. The Morgan fingerprint density at radius 3 is 3.15 bits per heavy atom. The molecule has 0 bridgehead atoms. The second kappa shape index (κ2) is 5.97. The molecule has 1 saturated heterocycles. The Bertz CT molecular complexity index is 150. The number of nitrogens with zero attached hydrogens (tertiary/aromatic N) is 1. The van der Waals surface area contributed by atoms with Gasteiger partial charge in [-0.25, -0.2) is 0 Å². The second-order valence-electron chi connectivity index (χ2n) is 3.76. The minimum Gasteiger partial charge on any atom is -0.359 e. The van der Waals surface area contributed by atoms with Crippen molar-refractivity contribution in [3.8, 4) is 0 Å². The van der Waals surface area contributed by atoms with Crippen LogP contribution in [-0.4, -0.2) is 37.5 Å². The molecule has 0 aromatic heterocycles. The van der Waals surface area contributed by atoms with Crippen molar-refractivity contribution in [3.63, 3.8) is 0 Å². The van der Waals surface area contributed by atoms with Gasteiger partial charge in [0.05, 0.1) is 0 Å². The first-order valence-corrected chi connectivity index (χ1v) is 5.26. The second-order valence-corrected chi connectivity index (χ2v) is 3.76. The Kier molecular flexibility index (Phi) is 4.83. The van der Waals surface area contributed by atoms with Gasteiger partial charge in [-0.3, -0.25) is 4.79 Å². The van der Waals surface area contributed by atoms with Gasteiger partial charge in [0.25, 0.3) is 0 Å². The van der Waals surface area contributed by atoms with Crippen LogP contribution in [0, 0.1) is 5.92 Å². The van der Waals surface area contributed by atoms with Gasteiger partial charge >= 0.3 is 0 Å². The highest BCUT2D eigenvalue weighted by atomic mass is 16.1. The van der Waals surface area contributed by atoms with Gasteiger partial charge in [-0.15, -0.1) is 0 Å². The first kappa shape index (κ1) is 10.5. The fraction of sp³-hybridized carbons (Fsp3) is 0.900. The molecular weight excluding hydrogens is 164 g/mol. The summed E-state index contributed by atoms with van der Waals surface area (Å²) in [6.45, 7) is 6.69. The summed E-state index contributed by atoms with van der Waals surface area (Å²) in [6, 6.07) is 0. The number of amides is 1. The predicted octanol–water partition coefficient (Wildman–Crippen LogP) is 0.854. The van der Waals surface area contributed by atoms with Gasteiger partial charge in [0, 0.05) is 13.1 Å². The van der Waals surface area contributed by atoms with Crippen molar-refractivity contribution < 1.29 is 4.79 Å². The molecule has 0 spiro atoms. The molecule has 1 rings (SSSR count). The van der Waals surface area contributed by atoms with Crippen LogP contribution >= 0.6 is 0 Å². The maximum atomic E-state index is 10.0. The van der Waals surface area contributed by atoms with E-state index in [2.05, 4.69) is 17.1 Å². The van der Waals surface area contributed by atoms with Crippen molar-refractivity contribution in [2.45, 2.75) is 26.2 Å². The standard InChI is InChI=1S/C10H20N2O/c1-2-12-7-3-4-10(8-12)5-6-11-9-13/h9-10H,2-8H2,1H3,(H,11,13). The quantitative estimate of drug-likeness (QED) is 0.507. The maximum absolute atomic E-state index is 10.0. The van der Waals surface area contributed by atoms with Crippen LogP contribution in [0.15, 0.2) is 0 Å². The number of carbonyl (C=O) groups excluding carboxylic acids is 1. The summed E-state index contributed by atoms with van der Waals surface area (Å²) in [5.74, 6) is 0.793. The topological polar surface area (TPSA) is 32.3 Å². The van der Waals surface area contributed by atoms with Gasteiger partial charge in [0.1, 0.15) is 0 Å². The SMILES string of the molecule is CCN1CCCC(CCNC=O)C1. The summed E-state index contributed by atoms with van der Waals surface area (Å²) in [5.41, 5.74) is 0. The molecule has 1 atom stereocenters. The zero-order valence-electron chi connectivity index (χ0n) is 8.46. The number of carbonyl (C=O) groups is 1. The summed E-state index contributed by atoms with van der Waals surface area (Å²) in [7, 11) is 0. The zero-order valence-corrected chi connectivity index (χ0v) is 8.46. The third kappa shape index (κ3) is 3.77. The van der Waals surface area contributed by atoms with E-state index in [-0.39, 0.29) is 0 Å². The number of hydrogen-bond acceptors (Lipinski definition) is 2. The van der Waals surface area contributed by atoms with Gasteiger partial charge in [-0.1, -0.05) is 6.92 Å². The smallest absolute Gasteiger partial charge is 0.207 e. The number of nitrogens with one attached hydrogen (secondary N) is 1. The van der Waals surface area contributed by atoms with Gasteiger partial charge in [-0.05, 0) is 38.3 Å². The largest absolute Gasteiger partial charge is 0.359 e. The average Bonchev–Trinajstić information content (AvgIpc) is 2.19. The van der Waals surface area contributed by atoms with Crippen LogP contribution in [-0.2, 0) is 4.79 Å². The van der Waals surface area contributed by atoms with Crippen LogP contribution in [0.4, 0.5) is 0 Å². The molecule has 0 aromatic carbocycles. The molecule has 0 radical (unpaired) electrons. The lowest BCUT2D eigenvalue weighted by molar-refractivity contribution is -0.109. The van der Waals surface area contributed by atoms with E-state index in [1.165, 1.54) is 25.9 Å². The number of hydrogen-bond donors (Lipinski definition) is 1. The minimum atomic E-state index is 0.792. The third-order valence-corrected chi connectivity index (χ3v) is 2.83. The van der Waals surface area contributed by atoms with E-state index in [1.807, 2.05) is 0 Å². The number of likely N-dealkylation sites (tertiary alicyclic amines) is 1. The Hall–Kier alpha value is -0.570. The molecule has 3 nitrogen and oxygen atoms in total. The molecule has 0 saturated carbocycles. The highest BCUT2D eigenvalue weighted by Crippen LogP contribution is 2.18. The predicted molar refractivity (Wildman–Crippen MR) is 53.5 cm³/mol. The molecule has 0 aliphatic carbocycles. The monoisotopic (exact) mass is 184 g/mol. The summed E-state index contributed by atoms with van der Waals surface area (Å²) in [4.78, 5) is 12.5. The van der Waals surface area contributed by atoms with Crippen LogP contribution < -0.4 is 5.32 Å². The lowest BCUT2D eigenvalue weighted by Gasteiger charge is -2.31. The first-order valence-electron chi connectivity index (χ1n) is 5.26. The summed E-state index contributed by atoms with van der Waals surface area (Å²) < 4.78 is 0. The summed E-state index contributed by atoms with van der Waals surface area (Å²) >= 11 is 0. The fourth-order valence-corrected chi connectivity index (χ4v) is 2.02. The highest BCUT2D eigenvalue weighted by Gasteiger charge is 2.17. The van der Waals surface area contributed by atoms with Gasteiger partial charge < -0.3 is 10.2 Å². The van der Waals surface area contributed by atoms with Crippen molar-refractivity contribution in [1.29, 1.82) is 0 Å². The summed E-state index contributed by atoms with van der Waals surface area (Å²) in [6.07, 6.45) is 4.58. The Morgan fingerprint density at radius 2 is 2.46 bits per heavy atom. The van der Waals surface area contributed by atoms with Gasteiger partial charge in [0.2, 0.25) is 6.41 Å². The van der Waals surface area contributed by atoms with Crippen LogP contribution in [0.1, 0.15) is 26.2 Å². The molecule has 0 aromatic rings. The maximum Gasteiger partial charge on any atom is 0.207 e. The number of piperidine rings is 1. The van der Waals surface area contributed by atoms with Crippen LogP contribution in [0.5, 0.6) is 0 Å². The van der Waals surface area contributed by atoms with E-state index in [0.717, 1.165) is 31.8 Å². The molecule has 1 aliphatic rings. The molecule has 1 amide bonds. The molecule has 1 N–H and O–H groups in total. The van der Waals surface area contributed by atoms with Crippen molar-refractivity contribution in [3.05, 3.63) is 0 Å². The van der Waals surface area contributed by atoms with E-state index < -0.39 is 0 Å². The van der Waals surface area contributed by atoms with Crippen LogP contribution in [0.3, 0.4) is 0 Å². The van der Waals surface area contributed by atoms with E-state index >= 15 is 0 Å². The van der Waals surface area contributed by atoms with Crippen molar-refractivity contribution >= 4 is 6.41 Å². The molecule has 76 valence electrons. The highest BCUT2D eigenvalue weighted by molar-refractivity contribution is 5.45. The Labute approximate surface area is 80.5 Å². The van der Waals surface area contributed by atoms with Gasteiger partial charge in [-0.2, -0.15) is 0 Å². The van der Waals surface area contributed by atoms with E-state index in [0.29, 0.717) is 0 Å². The molecule has 1 heterocycles. The molecule has 3 heteroatoms. The molecule has 1 fully saturated rings. The lowest BCUT2D eigenvalue weighted by atomic mass is 9.95. The minimum absolute atomic E-state index is 0.792. The average molecular weight is 184 g/mol. The fourth-order valence-electron chi connectivity index (χ4n) is 2.02. The van der Waals surface area contributed by atoms with E-state index in [9.17, 15) is 4.79 Å². The van der Waals surface area contributed by atoms with Crippen LogP contribution in [0.25, 0.3) is 0 Å². The van der Waals surface area contributed by atoms with E-state index in [1.54, 1.807) is 0 Å². The first-order chi connectivity index (χ1) is 6.36. The Morgan fingerprint density at radius 1 is 1.62 bits per heavy atom. The zero-order chi connectivity index (χ0) is 9.52. The Balaban J connectivity index is 2.14. The molecular formula is C10H20N2O. The molecule has 1 aliphatic heterocycles. The van der Waals surface area contributed by atoms with Crippen LogP contribution in [0.2, 0.25) is 0 Å². The lowest BCUT2D eigenvalue weighted by Crippen LogP contribution is -2.36. The van der Waals surface area contributed by atoms with E-state index in [4.69, 9.17) is 0 Å². The van der Waals surface area contributed by atoms with Crippen molar-refractivity contribution in [2.75, 3.05) is 26.2 Å². The normalized spacial score (nSPS) is 24.2. The van der Waals surface area contributed by atoms with Gasteiger partial charge in [0.15, 0.2) is 0 Å². The van der Waals surface area contributed by atoms with Crippen molar-refractivity contribution in [1.82, 2.24) is 10.2 Å². The van der Waals surface area contributed by atoms with Crippen molar-refractivity contribution in [2.24, 2.45) is 5.92 Å².